The molecule has 3 N–H and O–H groups in total. The summed E-state index contributed by atoms with van der Waals surface area (Å²) >= 11 is 0. The fourth-order valence-electron chi connectivity index (χ4n) is 0.667. The maximum absolute atomic E-state index is 10.6. The van der Waals surface area contributed by atoms with Crippen molar-refractivity contribution < 1.29 is 26.0 Å². The third-order valence-electron chi connectivity index (χ3n) is 1.17. The Hall–Kier alpha value is -1.59. The van der Waals surface area contributed by atoms with E-state index < -0.39 is 36.7 Å². The van der Waals surface area contributed by atoms with E-state index in [1.165, 1.54) is 0 Å². The first-order valence-electron chi connectivity index (χ1n) is 4.02. The van der Waals surface area contributed by atoms with Crippen LogP contribution in [0.5, 0.6) is 0 Å². The van der Waals surface area contributed by atoms with Crippen molar-refractivity contribution in [3.63, 3.8) is 0 Å². The highest BCUT2D eigenvalue weighted by atomic mass is 16.4. The van der Waals surface area contributed by atoms with Gasteiger partial charge in [0.15, 0.2) is 0 Å². The first-order chi connectivity index (χ1) is 6.28. The van der Waals surface area contributed by atoms with Crippen LogP contribution in [-0.4, -0.2) is 34.1 Å². The Balaban J connectivity index is 4.47. The van der Waals surface area contributed by atoms with Crippen LogP contribution in [0.25, 0.3) is 0 Å². The van der Waals surface area contributed by atoms with Gasteiger partial charge in [-0.3, -0.25) is 9.59 Å². The van der Waals surface area contributed by atoms with Gasteiger partial charge in [-0.2, -0.15) is 0 Å². The van der Waals surface area contributed by atoms with E-state index in [9.17, 15) is 14.4 Å². The number of carboxylic acid groups (broad SMARTS) is 2. The topological polar surface area (TPSA) is 104 Å². The first kappa shape index (κ1) is 9.50. The van der Waals surface area contributed by atoms with Crippen LogP contribution in [0.2, 0.25) is 0 Å². The van der Waals surface area contributed by atoms with Crippen molar-refractivity contribution in [3.05, 3.63) is 0 Å². The van der Waals surface area contributed by atoms with Gasteiger partial charge in [0.05, 0.1) is 1.37 Å². The van der Waals surface area contributed by atoms with E-state index in [0.29, 0.717) is 0 Å². The van der Waals surface area contributed by atoms with E-state index in [1.807, 2.05) is 5.32 Å². The Bertz CT molecular complexity index is 267. The number of carbonyl (C=O) groups is 3. The number of hydrogen-bond donors (Lipinski definition) is 3. The Morgan fingerprint density at radius 2 is 2.00 bits per heavy atom. The first-order valence-corrected chi connectivity index (χ1v) is 3.52. The maximum Gasteiger partial charge on any atom is 0.326 e. The molecule has 0 aliphatic rings. The third-order valence-corrected chi connectivity index (χ3v) is 1.17. The zero-order chi connectivity index (χ0) is 11.4. The number of carboxylic acids is 2. The molecule has 0 spiro atoms. The molecule has 0 heterocycles. The predicted molar refractivity (Wildman–Crippen MR) is 42.1 cm³/mol. The monoisotopic (exact) mass is 190 g/mol. The van der Waals surface area contributed by atoms with Gasteiger partial charge in [-0.15, -0.1) is 0 Å². The Morgan fingerprint density at radius 1 is 1.46 bits per heavy atom. The zero-order valence-corrected chi connectivity index (χ0v) is 7.03. The largest absolute Gasteiger partial charge is 0.481 e. The summed E-state index contributed by atoms with van der Waals surface area (Å²) in [5.74, 6) is -3.48. The molecular weight excluding hydrogens is 178 g/mol. The van der Waals surface area contributed by atoms with Crippen LogP contribution < -0.4 is 5.32 Å². The molecule has 1 amide bonds. The van der Waals surface area contributed by atoms with Crippen molar-refractivity contribution >= 4 is 17.8 Å². The molecular formula is C7H11NO5. The molecule has 74 valence electrons. The molecule has 6 nitrogen and oxygen atoms in total. The number of carbonyl (C=O) groups excluding carboxylic acids is 1. The Labute approximate surface area is 76.0 Å². The smallest absolute Gasteiger partial charge is 0.326 e. The second kappa shape index (κ2) is 5.13. The lowest BCUT2D eigenvalue weighted by Crippen LogP contribution is -2.39. The highest BCUT2D eigenvalue weighted by Gasteiger charge is 2.18. The van der Waals surface area contributed by atoms with E-state index in [-0.39, 0.29) is 0 Å². The summed E-state index contributed by atoms with van der Waals surface area (Å²) in [6, 6.07) is -2.26. The molecule has 1 atom stereocenters. The fraction of sp³-hybridized carbons (Fsp3) is 0.571. The highest BCUT2D eigenvalue weighted by Crippen LogP contribution is 1.97. The van der Waals surface area contributed by atoms with Gasteiger partial charge in [-0.1, -0.05) is 0 Å². The lowest BCUT2D eigenvalue weighted by Gasteiger charge is -2.10. The Morgan fingerprint density at radius 3 is 2.31 bits per heavy atom. The molecule has 13 heavy (non-hydrogen) atoms. The molecule has 0 aromatic heterocycles. The SMILES string of the molecule is [2H]C(CCC(=O)O)(NC(C)=O)C(=O)O. The number of amides is 1. The van der Waals surface area contributed by atoms with Gasteiger partial charge in [-0.25, -0.2) is 4.79 Å². The molecule has 0 saturated carbocycles. The van der Waals surface area contributed by atoms with Gasteiger partial charge in [0.1, 0.15) is 6.02 Å². The van der Waals surface area contributed by atoms with E-state index in [4.69, 9.17) is 11.6 Å². The summed E-state index contributed by atoms with van der Waals surface area (Å²) in [6.07, 6.45) is -0.965. The summed E-state index contributed by atoms with van der Waals surface area (Å²) in [5, 5.41) is 18.8. The maximum atomic E-state index is 10.6. The summed E-state index contributed by atoms with van der Waals surface area (Å²) in [6.45, 7) is 1.06. The summed E-state index contributed by atoms with van der Waals surface area (Å²) in [4.78, 5) is 31.3. The lowest BCUT2D eigenvalue weighted by atomic mass is 10.1. The van der Waals surface area contributed by atoms with Crippen molar-refractivity contribution in [3.8, 4) is 0 Å². The van der Waals surface area contributed by atoms with Crippen molar-refractivity contribution in [2.24, 2.45) is 0 Å². The van der Waals surface area contributed by atoms with E-state index in [0.717, 1.165) is 6.92 Å². The van der Waals surface area contributed by atoms with Gasteiger partial charge in [-0.05, 0) is 6.42 Å². The number of aliphatic carboxylic acids is 2. The van der Waals surface area contributed by atoms with E-state index >= 15 is 0 Å². The van der Waals surface area contributed by atoms with Gasteiger partial charge >= 0.3 is 11.9 Å². The van der Waals surface area contributed by atoms with Crippen LogP contribution in [0.3, 0.4) is 0 Å². The van der Waals surface area contributed by atoms with Crippen LogP contribution in [0.4, 0.5) is 0 Å². The van der Waals surface area contributed by atoms with Gasteiger partial charge < -0.3 is 15.5 Å². The molecule has 0 aromatic carbocycles. The number of hydrogen-bond acceptors (Lipinski definition) is 3. The third kappa shape index (κ3) is 5.66. The zero-order valence-electron chi connectivity index (χ0n) is 8.03. The molecule has 0 radical (unpaired) electrons. The molecule has 0 rings (SSSR count). The predicted octanol–water partition coefficient (Wildman–Crippen LogP) is -0.560. The quantitative estimate of drug-likeness (QED) is 0.539. The van der Waals surface area contributed by atoms with Gasteiger partial charge in [0, 0.05) is 13.3 Å². The van der Waals surface area contributed by atoms with E-state index in [2.05, 4.69) is 0 Å². The van der Waals surface area contributed by atoms with Crippen LogP contribution in [0.15, 0.2) is 0 Å². The van der Waals surface area contributed by atoms with Crippen molar-refractivity contribution in [1.29, 1.82) is 0 Å². The Kier molecular flexibility index (Phi) is 3.74. The van der Waals surface area contributed by atoms with Gasteiger partial charge in [0.25, 0.3) is 0 Å². The standard InChI is InChI=1S/C7H11NO5/c1-4(9)8-5(7(12)13)2-3-6(10)11/h5H,2-3H2,1H3,(H,8,9)(H,10,11)(H,12,13)/i5D. The van der Waals surface area contributed by atoms with Crippen molar-refractivity contribution in [2.75, 3.05) is 0 Å². The molecule has 0 saturated heterocycles. The van der Waals surface area contributed by atoms with E-state index in [1.54, 1.807) is 0 Å². The fourth-order valence-corrected chi connectivity index (χ4v) is 0.667. The second-order valence-electron chi connectivity index (χ2n) is 2.36. The number of nitrogens with one attached hydrogen (secondary N) is 1. The molecule has 6 heteroatoms. The average molecular weight is 190 g/mol. The second-order valence-corrected chi connectivity index (χ2v) is 2.36. The average Bonchev–Trinajstić information content (AvgIpc) is 1.99. The van der Waals surface area contributed by atoms with Crippen LogP contribution in [0.1, 0.15) is 21.1 Å². The van der Waals surface area contributed by atoms with Gasteiger partial charge in [0.2, 0.25) is 5.91 Å². The number of rotatable bonds is 5. The minimum absolute atomic E-state index is 0.475. The molecule has 0 aliphatic heterocycles. The molecule has 0 bridgehead atoms. The minimum atomic E-state index is -2.26. The summed E-state index contributed by atoms with van der Waals surface area (Å²) in [5.41, 5.74) is 0. The van der Waals surface area contributed by atoms with Crippen molar-refractivity contribution in [1.82, 2.24) is 5.32 Å². The lowest BCUT2D eigenvalue weighted by molar-refractivity contribution is -0.142. The summed E-state index contributed by atoms with van der Waals surface area (Å²) in [7, 11) is 0. The minimum Gasteiger partial charge on any atom is -0.481 e. The van der Waals surface area contributed by atoms with Crippen LogP contribution in [-0.2, 0) is 14.4 Å². The normalized spacial score (nSPS) is 15.3. The summed E-state index contributed by atoms with van der Waals surface area (Å²) < 4.78 is 7.30. The molecule has 0 aromatic rings. The highest BCUT2D eigenvalue weighted by molar-refractivity contribution is 5.82. The molecule has 0 aliphatic carbocycles. The van der Waals surface area contributed by atoms with Crippen LogP contribution >= 0.6 is 0 Å². The molecule has 0 fully saturated rings. The molecule has 1 unspecified atom stereocenters. The van der Waals surface area contributed by atoms with Crippen molar-refractivity contribution in [2.45, 2.75) is 25.8 Å². The van der Waals surface area contributed by atoms with Crippen LogP contribution in [0, 0.1) is 0 Å².